The summed E-state index contributed by atoms with van der Waals surface area (Å²) >= 11 is 0. The zero-order valence-corrected chi connectivity index (χ0v) is 15.2. The number of fused-ring (bicyclic) bond motifs is 1. The van der Waals surface area contributed by atoms with Crippen LogP contribution >= 0.6 is 0 Å². The van der Waals surface area contributed by atoms with Gasteiger partial charge in [0.25, 0.3) is 0 Å². The zero-order valence-electron chi connectivity index (χ0n) is 15.2. The van der Waals surface area contributed by atoms with E-state index in [-0.39, 0.29) is 0 Å². The van der Waals surface area contributed by atoms with Crippen LogP contribution < -0.4 is 0 Å². The lowest BCUT2D eigenvalue weighted by Crippen LogP contribution is -2.13. The highest BCUT2D eigenvalue weighted by molar-refractivity contribution is 5.27. The predicted molar refractivity (Wildman–Crippen MR) is 95.7 cm³/mol. The van der Waals surface area contributed by atoms with E-state index >= 15 is 0 Å². The van der Waals surface area contributed by atoms with Gasteiger partial charge in [0.15, 0.2) is 0 Å². The van der Waals surface area contributed by atoms with Gasteiger partial charge in [0.1, 0.15) is 36.4 Å². The molecule has 0 saturated heterocycles. The van der Waals surface area contributed by atoms with Gasteiger partial charge in [-0.3, -0.25) is 0 Å². The molecule has 0 atom stereocenters. The fraction of sp³-hybridized carbons (Fsp3) is 0.600. The molecule has 6 heteroatoms. The summed E-state index contributed by atoms with van der Waals surface area (Å²) in [7, 11) is 0. The molecule has 0 radical (unpaired) electrons. The van der Waals surface area contributed by atoms with Crippen LogP contribution in [-0.4, -0.2) is 39.6 Å². The first kappa shape index (κ1) is 18.9. The van der Waals surface area contributed by atoms with Crippen molar-refractivity contribution in [2.75, 3.05) is 39.6 Å². The predicted octanol–water partition coefficient (Wildman–Crippen LogP) is 3.92. The van der Waals surface area contributed by atoms with Crippen molar-refractivity contribution < 1.29 is 28.4 Å². The highest BCUT2D eigenvalue weighted by atomic mass is 16.5. The first-order valence-electron chi connectivity index (χ1n) is 9.43. The van der Waals surface area contributed by atoms with Crippen LogP contribution in [0.1, 0.15) is 38.5 Å². The van der Waals surface area contributed by atoms with Gasteiger partial charge in [-0.05, 0) is 18.9 Å². The Morgan fingerprint density at radius 2 is 1.54 bits per heavy atom. The number of ether oxygens (including phenoxy) is 6. The van der Waals surface area contributed by atoms with Crippen LogP contribution in [0.4, 0.5) is 0 Å². The van der Waals surface area contributed by atoms with Crippen molar-refractivity contribution in [3.63, 3.8) is 0 Å². The molecule has 3 heterocycles. The Morgan fingerprint density at radius 1 is 0.731 bits per heavy atom. The molecule has 0 saturated carbocycles. The van der Waals surface area contributed by atoms with Crippen molar-refractivity contribution in [2.45, 2.75) is 38.5 Å². The van der Waals surface area contributed by atoms with Crippen LogP contribution in [0.15, 0.2) is 47.7 Å². The molecule has 3 rings (SSSR count). The second-order valence-electron chi connectivity index (χ2n) is 6.33. The molecule has 0 aliphatic carbocycles. The van der Waals surface area contributed by atoms with Crippen LogP contribution in [0.5, 0.6) is 0 Å². The van der Waals surface area contributed by atoms with Crippen molar-refractivity contribution in [2.24, 2.45) is 0 Å². The van der Waals surface area contributed by atoms with E-state index in [0.717, 1.165) is 55.0 Å². The lowest BCUT2D eigenvalue weighted by atomic mass is 10.1. The van der Waals surface area contributed by atoms with Crippen LogP contribution in [0.25, 0.3) is 0 Å². The highest BCUT2D eigenvalue weighted by Gasteiger charge is 2.14. The Bertz CT molecular complexity index is 513. The molecule has 6 nitrogen and oxygen atoms in total. The molecule has 3 aliphatic rings. The second kappa shape index (κ2) is 10.9. The summed E-state index contributed by atoms with van der Waals surface area (Å²) in [5.41, 5.74) is 0.951. The molecular formula is C20H28O6. The molecule has 3 aliphatic heterocycles. The van der Waals surface area contributed by atoms with E-state index in [2.05, 4.69) is 0 Å². The van der Waals surface area contributed by atoms with Crippen molar-refractivity contribution in [3.8, 4) is 0 Å². The summed E-state index contributed by atoms with van der Waals surface area (Å²) in [6.45, 7) is 3.37. The van der Waals surface area contributed by atoms with Gasteiger partial charge in [-0.1, -0.05) is 12.8 Å². The van der Waals surface area contributed by atoms with E-state index in [0.29, 0.717) is 46.1 Å². The van der Waals surface area contributed by atoms with Gasteiger partial charge in [0, 0.05) is 12.8 Å². The quantitative estimate of drug-likeness (QED) is 0.649. The molecular weight excluding hydrogens is 336 g/mol. The standard InChI is InChI=1S/C20H28O6/c1-2-4-8-24-18-6-10-22-15-17(18)16-23-12-11-21-9-7-20-19(5-3-1)25-13-14-26-20/h6,13-15H,1-5,7-12,16H2. The lowest BCUT2D eigenvalue weighted by Gasteiger charge is -2.19. The van der Waals surface area contributed by atoms with Crippen LogP contribution in [0, 0.1) is 0 Å². The first-order valence-corrected chi connectivity index (χ1v) is 9.43. The summed E-state index contributed by atoms with van der Waals surface area (Å²) in [5.74, 6) is 2.68. The monoisotopic (exact) mass is 364 g/mol. The van der Waals surface area contributed by atoms with Crippen molar-refractivity contribution in [1.82, 2.24) is 0 Å². The minimum Gasteiger partial charge on any atom is -0.496 e. The van der Waals surface area contributed by atoms with Crippen LogP contribution in [-0.2, 0) is 28.4 Å². The van der Waals surface area contributed by atoms with E-state index in [1.165, 1.54) is 0 Å². The Balaban J connectivity index is 1.51. The third-order valence-corrected chi connectivity index (χ3v) is 4.35. The summed E-state index contributed by atoms with van der Waals surface area (Å²) in [6, 6.07) is 0. The van der Waals surface area contributed by atoms with Gasteiger partial charge in [-0.15, -0.1) is 0 Å². The van der Waals surface area contributed by atoms with E-state index in [9.17, 15) is 0 Å². The van der Waals surface area contributed by atoms with Crippen molar-refractivity contribution in [3.05, 3.63) is 47.7 Å². The summed E-state index contributed by atoms with van der Waals surface area (Å²) in [6.07, 6.45) is 12.8. The van der Waals surface area contributed by atoms with E-state index < -0.39 is 0 Å². The van der Waals surface area contributed by atoms with Crippen LogP contribution in [0.2, 0.25) is 0 Å². The fourth-order valence-electron chi connectivity index (χ4n) is 2.96. The molecule has 0 N–H and O–H groups in total. The summed E-state index contributed by atoms with van der Waals surface area (Å²) in [5, 5.41) is 0. The Labute approximate surface area is 155 Å². The topological polar surface area (TPSA) is 55.4 Å². The number of hydrogen-bond donors (Lipinski definition) is 0. The van der Waals surface area contributed by atoms with Gasteiger partial charge in [0.05, 0.1) is 44.9 Å². The number of rotatable bonds is 0. The van der Waals surface area contributed by atoms with Gasteiger partial charge < -0.3 is 28.4 Å². The maximum Gasteiger partial charge on any atom is 0.144 e. The fourth-order valence-corrected chi connectivity index (χ4v) is 2.96. The minimum atomic E-state index is 0.465. The van der Waals surface area contributed by atoms with Crippen molar-refractivity contribution in [1.29, 1.82) is 0 Å². The molecule has 0 amide bonds. The molecule has 0 fully saturated rings. The Hall–Kier alpha value is -1.92. The molecule has 0 aromatic carbocycles. The third kappa shape index (κ3) is 6.11. The smallest absolute Gasteiger partial charge is 0.144 e. The van der Waals surface area contributed by atoms with Gasteiger partial charge >= 0.3 is 0 Å². The van der Waals surface area contributed by atoms with Gasteiger partial charge in [-0.25, -0.2) is 0 Å². The highest BCUT2D eigenvalue weighted by Crippen LogP contribution is 2.23. The van der Waals surface area contributed by atoms with Gasteiger partial charge in [-0.2, -0.15) is 0 Å². The maximum absolute atomic E-state index is 5.92. The SMILES string of the molecule is C1=COC2=C(CCCCCCOC3=CCOC=C3COCCOCC2)O1. The Morgan fingerprint density at radius 3 is 2.46 bits per heavy atom. The average Bonchev–Trinajstić information content (AvgIpc) is 2.68. The number of hydrogen-bond acceptors (Lipinski definition) is 6. The molecule has 0 bridgehead atoms. The van der Waals surface area contributed by atoms with E-state index in [4.69, 9.17) is 28.4 Å². The molecule has 144 valence electrons. The van der Waals surface area contributed by atoms with E-state index in [1.54, 1.807) is 18.8 Å². The van der Waals surface area contributed by atoms with Gasteiger partial charge in [0.2, 0.25) is 0 Å². The molecule has 0 unspecified atom stereocenters. The zero-order chi connectivity index (χ0) is 17.9. The van der Waals surface area contributed by atoms with Crippen molar-refractivity contribution >= 4 is 0 Å². The lowest BCUT2D eigenvalue weighted by molar-refractivity contribution is 0.0497. The van der Waals surface area contributed by atoms with Crippen LogP contribution in [0.3, 0.4) is 0 Å². The number of allylic oxidation sites excluding steroid dienone is 1. The molecule has 0 spiro atoms. The summed E-state index contributed by atoms with van der Waals surface area (Å²) < 4.78 is 33.8. The maximum atomic E-state index is 5.92. The average molecular weight is 364 g/mol. The molecule has 0 aromatic rings. The first-order chi connectivity index (χ1) is 12.9. The largest absolute Gasteiger partial charge is 0.496 e. The molecule has 0 aromatic heterocycles. The normalized spacial score (nSPS) is 23.4. The minimum absolute atomic E-state index is 0.465. The summed E-state index contributed by atoms with van der Waals surface area (Å²) in [4.78, 5) is 0. The van der Waals surface area contributed by atoms with E-state index in [1.807, 2.05) is 6.08 Å². The third-order valence-electron chi connectivity index (χ3n) is 4.35. The second-order valence-corrected chi connectivity index (χ2v) is 6.33. The molecule has 26 heavy (non-hydrogen) atoms. The Kier molecular flexibility index (Phi) is 7.93.